The summed E-state index contributed by atoms with van der Waals surface area (Å²) in [4.78, 5) is 4.59. The highest BCUT2D eigenvalue weighted by atomic mass is 79.9. The van der Waals surface area contributed by atoms with Crippen molar-refractivity contribution in [2.24, 2.45) is 0 Å². The largest absolute Gasteiger partial charge is 0.339 e. The van der Waals surface area contributed by atoms with E-state index >= 15 is 0 Å². The first-order valence-corrected chi connectivity index (χ1v) is 8.32. The Hall–Kier alpha value is -0.910. The van der Waals surface area contributed by atoms with Gasteiger partial charge in [-0.15, -0.1) is 0 Å². The molecule has 0 spiro atoms. The van der Waals surface area contributed by atoms with E-state index in [0.29, 0.717) is 22.8 Å². The zero-order chi connectivity index (χ0) is 14.8. The van der Waals surface area contributed by atoms with Crippen LogP contribution in [0.3, 0.4) is 0 Å². The molecule has 1 saturated carbocycles. The fourth-order valence-electron chi connectivity index (χ4n) is 2.91. The molecule has 6 heteroatoms. The van der Waals surface area contributed by atoms with Crippen molar-refractivity contribution in [1.29, 1.82) is 0 Å². The van der Waals surface area contributed by atoms with Crippen LogP contribution in [0.25, 0.3) is 11.4 Å². The summed E-state index contributed by atoms with van der Waals surface area (Å²) in [7, 11) is 2.00. The third kappa shape index (κ3) is 3.15. The Morgan fingerprint density at radius 1 is 1.33 bits per heavy atom. The van der Waals surface area contributed by atoms with E-state index in [1.54, 1.807) is 0 Å². The first-order valence-electron chi connectivity index (χ1n) is 7.15. The van der Waals surface area contributed by atoms with Crippen LogP contribution in [-0.4, -0.2) is 23.2 Å². The SMILES string of the molecule is CNC1CCCCC1c1nc(-c2ccc(Cl)c(Br)c2)no1. The maximum Gasteiger partial charge on any atom is 0.231 e. The van der Waals surface area contributed by atoms with Crippen LogP contribution in [0.1, 0.15) is 37.5 Å². The van der Waals surface area contributed by atoms with Crippen molar-refractivity contribution in [3.63, 3.8) is 0 Å². The third-order valence-corrected chi connectivity index (χ3v) is 5.29. The minimum absolute atomic E-state index is 0.306. The van der Waals surface area contributed by atoms with E-state index in [2.05, 4.69) is 31.4 Å². The second kappa shape index (κ2) is 6.46. The summed E-state index contributed by atoms with van der Waals surface area (Å²) in [5.41, 5.74) is 0.901. The molecule has 2 atom stereocenters. The van der Waals surface area contributed by atoms with Crippen molar-refractivity contribution in [3.05, 3.63) is 33.6 Å². The van der Waals surface area contributed by atoms with Crippen LogP contribution in [0.5, 0.6) is 0 Å². The number of nitrogens with one attached hydrogen (secondary N) is 1. The van der Waals surface area contributed by atoms with E-state index in [1.807, 2.05) is 25.2 Å². The van der Waals surface area contributed by atoms with Crippen LogP contribution < -0.4 is 5.32 Å². The maximum absolute atomic E-state index is 6.01. The normalized spacial score (nSPS) is 22.4. The molecule has 0 saturated heterocycles. The Kier molecular flexibility index (Phi) is 4.62. The predicted octanol–water partition coefficient (Wildman–Crippen LogP) is 4.40. The van der Waals surface area contributed by atoms with Crippen LogP contribution >= 0.6 is 27.5 Å². The number of nitrogens with zero attached hydrogens (tertiary/aromatic N) is 2. The van der Waals surface area contributed by atoms with Crippen LogP contribution in [-0.2, 0) is 0 Å². The first kappa shape index (κ1) is 15.0. The second-order valence-electron chi connectivity index (χ2n) is 5.37. The molecule has 21 heavy (non-hydrogen) atoms. The molecule has 1 N–H and O–H groups in total. The lowest BCUT2D eigenvalue weighted by atomic mass is 9.84. The van der Waals surface area contributed by atoms with Crippen molar-refractivity contribution < 1.29 is 4.52 Å². The summed E-state index contributed by atoms with van der Waals surface area (Å²) < 4.78 is 6.34. The van der Waals surface area contributed by atoms with Gasteiger partial charge in [-0.05, 0) is 54.0 Å². The number of hydrogen-bond acceptors (Lipinski definition) is 4. The molecular formula is C15H17BrClN3O. The molecule has 0 aliphatic heterocycles. The van der Waals surface area contributed by atoms with Gasteiger partial charge in [0.1, 0.15) is 0 Å². The molecule has 1 aliphatic carbocycles. The van der Waals surface area contributed by atoms with Crippen molar-refractivity contribution in [1.82, 2.24) is 15.5 Å². The van der Waals surface area contributed by atoms with E-state index < -0.39 is 0 Å². The minimum Gasteiger partial charge on any atom is -0.339 e. The van der Waals surface area contributed by atoms with E-state index in [-0.39, 0.29) is 0 Å². The first-order chi connectivity index (χ1) is 10.2. The third-order valence-electron chi connectivity index (χ3n) is 4.07. The van der Waals surface area contributed by atoms with Crippen LogP contribution in [0.15, 0.2) is 27.2 Å². The Morgan fingerprint density at radius 3 is 2.90 bits per heavy atom. The summed E-state index contributed by atoms with van der Waals surface area (Å²) in [6, 6.07) is 6.06. The number of benzene rings is 1. The lowest BCUT2D eigenvalue weighted by Gasteiger charge is -2.28. The standard InChI is InChI=1S/C15H17BrClN3O/c1-18-13-5-3-2-4-10(13)15-19-14(20-21-15)9-6-7-12(17)11(16)8-9/h6-8,10,13,18H,2-5H2,1H3. The van der Waals surface area contributed by atoms with Gasteiger partial charge in [-0.3, -0.25) is 0 Å². The molecule has 2 aromatic rings. The molecule has 0 bridgehead atoms. The van der Waals surface area contributed by atoms with Crippen LogP contribution in [0.4, 0.5) is 0 Å². The molecule has 0 amide bonds. The van der Waals surface area contributed by atoms with Crippen LogP contribution in [0, 0.1) is 0 Å². The van der Waals surface area contributed by atoms with Gasteiger partial charge in [-0.1, -0.05) is 29.6 Å². The number of hydrogen-bond donors (Lipinski definition) is 1. The van der Waals surface area contributed by atoms with Crippen molar-refractivity contribution in [2.75, 3.05) is 7.05 Å². The lowest BCUT2D eigenvalue weighted by Crippen LogP contribution is -2.34. The van der Waals surface area contributed by atoms with Gasteiger partial charge < -0.3 is 9.84 Å². The summed E-state index contributed by atoms with van der Waals surface area (Å²) in [6.07, 6.45) is 4.73. The van der Waals surface area contributed by atoms with Gasteiger partial charge >= 0.3 is 0 Å². The molecule has 0 radical (unpaired) electrons. The van der Waals surface area contributed by atoms with Gasteiger partial charge in [-0.2, -0.15) is 4.98 Å². The Morgan fingerprint density at radius 2 is 2.14 bits per heavy atom. The monoisotopic (exact) mass is 369 g/mol. The molecule has 1 fully saturated rings. The minimum atomic E-state index is 0.306. The van der Waals surface area contributed by atoms with E-state index in [1.165, 1.54) is 12.8 Å². The summed E-state index contributed by atoms with van der Waals surface area (Å²) in [5, 5.41) is 8.16. The molecule has 1 aromatic heterocycles. The van der Waals surface area contributed by atoms with Crippen molar-refractivity contribution >= 4 is 27.5 Å². The summed E-state index contributed by atoms with van der Waals surface area (Å²) >= 11 is 9.43. The van der Waals surface area contributed by atoms with Gasteiger partial charge in [-0.25, -0.2) is 0 Å². The molecule has 2 unspecified atom stereocenters. The van der Waals surface area contributed by atoms with Gasteiger partial charge in [0.15, 0.2) is 0 Å². The van der Waals surface area contributed by atoms with Gasteiger partial charge in [0, 0.05) is 16.1 Å². The second-order valence-corrected chi connectivity index (χ2v) is 6.63. The Balaban J connectivity index is 1.86. The highest BCUT2D eigenvalue weighted by Crippen LogP contribution is 2.33. The van der Waals surface area contributed by atoms with Gasteiger partial charge in [0.05, 0.1) is 10.9 Å². The Bertz CT molecular complexity index is 631. The number of rotatable bonds is 3. The van der Waals surface area contributed by atoms with E-state index in [9.17, 15) is 0 Å². The number of likely N-dealkylation sites (N-methyl/N-ethyl adjacent to an activating group) is 1. The van der Waals surface area contributed by atoms with Crippen LogP contribution in [0.2, 0.25) is 5.02 Å². The average Bonchev–Trinajstić information content (AvgIpc) is 2.99. The summed E-state index contributed by atoms with van der Waals surface area (Å²) in [5.74, 6) is 1.65. The number of aromatic nitrogens is 2. The Labute approximate surface area is 137 Å². The maximum atomic E-state index is 6.01. The highest BCUT2D eigenvalue weighted by Gasteiger charge is 2.30. The average molecular weight is 371 g/mol. The van der Waals surface area contributed by atoms with Gasteiger partial charge in [0.2, 0.25) is 11.7 Å². The topological polar surface area (TPSA) is 51.0 Å². The molecule has 112 valence electrons. The fraction of sp³-hybridized carbons (Fsp3) is 0.467. The van der Waals surface area contributed by atoms with Crippen molar-refractivity contribution in [3.8, 4) is 11.4 Å². The van der Waals surface area contributed by atoms with Gasteiger partial charge in [0.25, 0.3) is 0 Å². The molecule has 3 rings (SSSR count). The zero-order valence-corrected chi connectivity index (χ0v) is 14.1. The molecule has 4 nitrogen and oxygen atoms in total. The highest BCUT2D eigenvalue weighted by molar-refractivity contribution is 9.10. The fourth-order valence-corrected chi connectivity index (χ4v) is 3.41. The molecule has 1 heterocycles. The predicted molar refractivity (Wildman–Crippen MR) is 86.5 cm³/mol. The summed E-state index contributed by atoms with van der Waals surface area (Å²) in [6.45, 7) is 0. The number of halogens is 2. The lowest BCUT2D eigenvalue weighted by molar-refractivity contribution is 0.270. The molecule has 1 aromatic carbocycles. The molecular weight excluding hydrogens is 354 g/mol. The van der Waals surface area contributed by atoms with Crippen molar-refractivity contribution in [2.45, 2.75) is 37.6 Å². The smallest absolute Gasteiger partial charge is 0.231 e. The quantitative estimate of drug-likeness (QED) is 0.870. The zero-order valence-electron chi connectivity index (χ0n) is 11.8. The van der Waals surface area contributed by atoms with E-state index in [4.69, 9.17) is 16.1 Å². The van der Waals surface area contributed by atoms with E-state index in [0.717, 1.165) is 28.8 Å². The molecule has 1 aliphatic rings.